The molecule has 2 aliphatic carbocycles. The molecule has 2 rings (SSSR count). The molecular weight excluding hydrogens is 347 g/mol. The summed E-state index contributed by atoms with van der Waals surface area (Å²) in [6.07, 6.45) is 7.38. The normalized spacial score (nSPS) is 24.4. The van der Waals surface area contributed by atoms with Crippen molar-refractivity contribution in [2.45, 2.75) is 55.4 Å². The van der Waals surface area contributed by atoms with Gasteiger partial charge in [-0.1, -0.05) is 58.8 Å². The first-order chi connectivity index (χ1) is 8.67. The average Bonchev–Trinajstić information content (AvgIpc) is 2.75. The number of hydrogen-bond acceptors (Lipinski definition) is 0. The Morgan fingerprint density at radius 1 is 0.682 bits per heavy atom. The molecule has 0 nitrogen and oxygen atoms in total. The molecule has 3 heteroatoms. The minimum absolute atomic E-state index is 0. The van der Waals surface area contributed by atoms with E-state index in [1.165, 1.54) is 33.4 Å². The van der Waals surface area contributed by atoms with E-state index in [1.807, 2.05) is 0 Å². The summed E-state index contributed by atoms with van der Waals surface area (Å²) in [5, 5.41) is 0. The second kappa shape index (κ2) is 8.38. The molecule has 0 N–H and O–H groups in total. The van der Waals surface area contributed by atoms with E-state index < -0.39 is 0 Å². The van der Waals surface area contributed by atoms with Gasteiger partial charge < -0.3 is 24.8 Å². The van der Waals surface area contributed by atoms with Crippen LogP contribution in [0.5, 0.6) is 0 Å². The zero-order chi connectivity index (χ0) is 14.5. The Kier molecular flexibility index (Phi) is 9.34. The molecule has 0 saturated heterocycles. The predicted molar refractivity (Wildman–Crippen MR) is 82.4 cm³/mol. The first-order valence-corrected chi connectivity index (χ1v) is 7.23. The van der Waals surface area contributed by atoms with Crippen molar-refractivity contribution in [1.29, 1.82) is 0 Å². The summed E-state index contributed by atoms with van der Waals surface area (Å²) in [5.74, 6) is 0.831. The number of allylic oxidation sites excluding steroid dienone is 8. The van der Waals surface area contributed by atoms with Crippen molar-refractivity contribution in [2.75, 3.05) is 0 Å². The first-order valence-electron chi connectivity index (χ1n) is 7.23. The Morgan fingerprint density at radius 2 is 0.955 bits per heavy atom. The van der Waals surface area contributed by atoms with Gasteiger partial charge in [0.15, 0.2) is 0 Å². The second-order valence-electron chi connectivity index (χ2n) is 6.84. The van der Waals surface area contributed by atoms with Crippen molar-refractivity contribution in [2.24, 2.45) is 17.3 Å². The van der Waals surface area contributed by atoms with E-state index in [4.69, 9.17) is 0 Å². The van der Waals surface area contributed by atoms with Gasteiger partial charge in [0.25, 0.3) is 0 Å². The SMILES string of the molecule is CC1=[C-]C(C(C)(C)C2[C-]=C(C)C(C)=C2C)C(C)=C1C.[Cl-].[Cl-].[Ti+4]. The maximum Gasteiger partial charge on any atom is 4.00 e. The molecule has 0 bridgehead atoms. The molecule has 0 aliphatic heterocycles. The summed E-state index contributed by atoms with van der Waals surface area (Å²) in [7, 11) is 0. The van der Waals surface area contributed by atoms with E-state index in [0.717, 1.165) is 0 Å². The quantitative estimate of drug-likeness (QED) is 0.450. The molecule has 2 unspecified atom stereocenters. The zero-order valence-electron chi connectivity index (χ0n) is 14.9. The van der Waals surface area contributed by atoms with Gasteiger partial charge in [0.1, 0.15) is 0 Å². The van der Waals surface area contributed by atoms with Crippen molar-refractivity contribution >= 4 is 0 Å². The predicted octanol–water partition coefficient (Wildman–Crippen LogP) is -0.551. The summed E-state index contributed by atoms with van der Waals surface area (Å²) in [4.78, 5) is 0. The van der Waals surface area contributed by atoms with Crippen LogP contribution >= 0.6 is 0 Å². The Labute approximate surface area is 164 Å². The molecule has 0 radical (unpaired) electrons. The Morgan fingerprint density at radius 3 is 1.14 bits per heavy atom. The molecular formula is C19H26Cl2Ti. The van der Waals surface area contributed by atoms with E-state index in [2.05, 4.69) is 67.5 Å². The largest absolute Gasteiger partial charge is 4.00 e. The van der Waals surface area contributed by atoms with Crippen molar-refractivity contribution in [3.63, 3.8) is 0 Å². The summed E-state index contributed by atoms with van der Waals surface area (Å²) >= 11 is 0. The van der Waals surface area contributed by atoms with Gasteiger partial charge in [-0.25, -0.2) is 11.1 Å². The standard InChI is InChI=1S/C19H26.2ClH.Ti/c1-11-9-17(15(5)13(11)3)19(7,8)18-10-12(2)14(4)16(18)6;;;/h17-18H,1-8H3;2*1H;/q-2;;;+4/p-2. The molecule has 0 heterocycles. The summed E-state index contributed by atoms with van der Waals surface area (Å²) in [6.45, 7) is 18.1. The maximum atomic E-state index is 3.69. The summed E-state index contributed by atoms with van der Waals surface area (Å²) in [6, 6.07) is 0. The average molecular weight is 373 g/mol. The molecule has 0 fully saturated rings. The van der Waals surface area contributed by atoms with Crippen LogP contribution in [0.3, 0.4) is 0 Å². The third-order valence-corrected chi connectivity index (χ3v) is 5.38. The maximum absolute atomic E-state index is 3.69. The Balaban J connectivity index is 0. The molecule has 2 atom stereocenters. The number of hydrogen-bond donors (Lipinski definition) is 0. The van der Waals surface area contributed by atoms with Crippen LogP contribution in [-0.4, -0.2) is 0 Å². The van der Waals surface area contributed by atoms with E-state index in [9.17, 15) is 0 Å². The van der Waals surface area contributed by atoms with Crippen LogP contribution in [0.2, 0.25) is 0 Å². The zero-order valence-corrected chi connectivity index (χ0v) is 18.0. The van der Waals surface area contributed by atoms with Gasteiger partial charge in [-0.3, -0.25) is 12.2 Å². The molecule has 0 aromatic heterocycles. The fourth-order valence-electron chi connectivity index (χ4n) is 3.55. The fourth-order valence-corrected chi connectivity index (χ4v) is 3.55. The Hall–Kier alpha value is 0.254. The Bertz CT molecular complexity index is 500. The van der Waals surface area contributed by atoms with Gasteiger partial charge in [0, 0.05) is 0 Å². The van der Waals surface area contributed by atoms with Gasteiger partial charge >= 0.3 is 21.7 Å². The molecule has 120 valence electrons. The van der Waals surface area contributed by atoms with Gasteiger partial charge in [-0.2, -0.15) is 22.3 Å². The van der Waals surface area contributed by atoms with E-state index in [-0.39, 0.29) is 51.9 Å². The van der Waals surface area contributed by atoms with Crippen LogP contribution in [0.25, 0.3) is 0 Å². The molecule has 22 heavy (non-hydrogen) atoms. The third-order valence-electron chi connectivity index (χ3n) is 5.38. The van der Waals surface area contributed by atoms with Gasteiger partial charge in [-0.15, -0.1) is 13.8 Å². The molecule has 0 aromatic carbocycles. The van der Waals surface area contributed by atoms with Gasteiger partial charge in [0.2, 0.25) is 0 Å². The van der Waals surface area contributed by atoms with Crippen molar-refractivity contribution in [3.05, 3.63) is 45.6 Å². The molecule has 0 aromatic rings. The molecule has 0 spiro atoms. The summed E-state index contributed by atoms with van der Waals surface area (Å²) < 4.78 is 0. The number of rotatable bonds is 2. The van der Waals surface area contributed by atoms with E-state index in [1.54, 1.807) is 0 Å². The van der Waals surface area contributed by atoms with Crippen LogP contribution in [0.1, 0.15) is 55.4 Å². The van der Waals surface area contributed by atoms with Crippen LogP contribution in [-0.2, 0) is 21.7 Å². The minimum atomic E-state index is 0. The van der Waals surface area contributed by atoms with Crippen molar-refractivity contribution in [3.8, 4) is 0 Å². The van der Waals surface area contributed by atoms with Crippen LogP contribution < -0.4 is 24.8 Å². The fraction of sp³-hybridized carbons (Fsp3) is 0.579. The van der Waals surface area contributed by atoms with Crippen molar-refractivity contribution in [1.82, 2.24) is 0 Å². The van der Waals surface area contributed by atoms with Crippen LogP contribution in [0.15, 0.2) is 33.4 Å². The summed E-state index contributed by atoms with van der Waals surface area (Å²) in [5.41, 5.74) is 8.62. The van der Waals surface area contributed by atoms with Gasteiger partial charge in [0.05, 0.1) is 0 Å². The van der Waals surface area contributed by atoms with Crippen LogP contribution in [0.4, 0.5) is 0 Å². The monoisotopic (exact) mass is 372 g/mol. The van der Waals surface area contributed by atoms with Gasteiger partial charge in [-0.05, 0) is 0 Å². The molecule has 0 amide bonds. The van der Waals surface area contributed by atoms with Crippen molar-refractivity contribution < 1.29 is 46.5 Å². The van der Waals surface area contributed by atoms with E-state index >= 15 is 0 Å². The minimum Gasteiger partial charge on any atom is -1.00 e. The van der Waals surface area contributed by atoms with E-state index in [0.29, 0.717) is 11.8 Å². The topological polar surface area (TPSA) is 0 Å². The molecule has 2 aliphatic rings. The number of halogens is 2. The first kappa shape index (κ1) is 24.5. The van der Waals surface area contributed by atoms with Crippen LogP contribution in [0, 0.1) is 29.4 Å². The third kappa shape index (κ3) is 3.83. The second-order valence-corrected chi connectivity index (χ2v) is 6.84. The molecule has 0 saturated carbocycles. The smallest absolute Gasteiger partial charge is 1.00 e.